The summed E-state index contributed by atoms with van der Waals surface area (Å²) in [6.45, 7) is 14.3. The molecule has 0 aliphatic carbocycles. The van der Waals surface area contributed by atoms with Crippen molar-refractivity contribution in [1.82, 2.24) is 9.78 Å². The second kappa shape index (κ2) is 8.88. The fourth-order valence-electron chi connectivity index (χ4n) is 3.98. The summed E-state index contributed by atoms with van der Waals surface area (Å²) < 4.78 is 1.81. The van der Waals surface area contributed by atoms with Crippen molar-refractivity contribution in [3.63, 3.8) is 0 Å². The van der Waals surface area contributed by atoms with Crippen LogP contribution in [0.5, 0.6) is 0 Å². The van der Waals surface area contributed by atoms with Crippen LogP contribution in [-0.4, -0.2) is 48.4 Å². The molecule has 0 bridgehead atoms. The van der Waals surface area contributed by atoms with Crippen LogP contribution in [0.1, 0.15) is 42.3 Å². The zero-order valence-electron chi connectivity index (χ0n) is 17.9. The molecule has 28 heavy (non-hydrogen) atoms. The second-order valence-corrected chi connectivity index (χ2v) is 8.47. The van der Waals surface area contributed by atoms with Gasteiger partial charge in [-0.2, -0.15) is 5.10 Å². The van der Waals surface area contributed by atoms with Gasteiger partial charge in [0.25, 0.3) is 5.91 Å². The maximum atomic E-state index is 12.5. The van der Waals surface area contributed by atoms with E-state index in [-0.39, 0.29) is 5.91 Å². The standard InChI is InChI=1S/C22H33N5O/c1-16(2)20-8-6-19(7-9-20)14-26-10-12-27(13-11-26)15-21(28)23-22-17(3)24-25(5)18(22)4/h6-9,16H,10-15H2,1-5H3,(H,23,28)/p+2. The lowest BCUT2D eigenvalue weighted by atomic mass is 10.0. The van der Waals surface area contributed by atoms with Crippen LogP contribution < -0.4 is 15.1 Å². The number of carbonyl (C=O) groups is 1. The van der Waals surface area contributed by atoms with Gasteiger partial charge in [-0.05, 0) is 25.3 Å². The van der Waals surface area contributed by atoms with E-state index in [9.17, 15) is 4.79 Å². The lowest BCUT2D eigenvalue weighted by molar-refractivity contribution is -1.02. The van der Waals surface area contributed by atoms with Crippen LogP contribution in [0.15, 0.2) is 24.3 Å². The van der Waals surface area contributed by atoms with E-state index < -0.39 is 0 Å². The van der Waals surface area contributed by atoms with Crippen LogP contribution in [0, 0.1) is 13.8 Å². The summed E-state index contributed by atoms with van der Waals surface area (Å²) >= 11 is 0. The van der Waals surface area contributed by atoms with E-state index in [0.29, 0.717) is 12.5 Å². The number of nitrogens with zero attached hydrogens (tertiary/aromatic N) is 2. The molecule has 0 unspecified atom stereocenters. The van der Waals surface area contributed by atoms with Gasteiger partial charge in [0.1, 0.15) is 32.7 Å². The molecule has 6 heteroatoms. The average molecular weight is 386 g/mol. The maximum Gasteiger partial charge on any atom is 0.279 e. The minimum Gasteiger partial charge on any atom is -0.322 e. The highest BCUT2D eigenvalue weighted by Gasteiger charge is 2.25. The van der Waals surface area contributed by atoms with E-state index in [2.05, 4.69) is 48.5 Å². The van der Waals surface area contributed by atoms with Crippen molar-refractivity contribution < 1.29 is 14.6 Å². The summed E-state index contributed by atoms with van der Waals surface area (Å²) in [4.78, 5) is 15.5. The molecular weight excluding hydrogens is 350 g/mol. The number of amides is 1. The number of rotatable bonds is 6. The SMILES string of the molecule is Cc1nn(C)c(C)c1NC(=O)C[NH+]1CC[NH+](Cc2ccc(C(C)C)cc2)CC1. The molecule has 0 radical (unpaired) electrons. The number of quaternary nitrogens is 2. The molecule has 2 heterocycles. The zero-order valence-corrected chi connectivity index (χ0v) is 17.9. The zero-order chi connectivity index (χ0) is 20.3. The predicted molar refractivity (Wildman–Crippen MR) is 112 cm³/mol. The first-order valence-electron chi connectivity index (χ1n) is 10.4. The summed E-state index contributed by atoms with van der Waals surface area (Å²) in [5.74, 6) is 0.667. The fourth-order valence-corrected chi connectivity index (χ4v) is 3.98. The lowest BCUT2D eigenvalue weighted by Crippen LogP contribution is -3.28. The molecule has 152 valence electrons. The van der Waals surface area contributed by atoms with Gasteiger partial charge in [0.2, 0.25) is 0 Å². The normalized spacial score (nSPS) is 19.8. The number of carbonyl (C=O) groups excluding carboxylic acids is 1. The minimum atomic E-state index is 0.0851. The molecule has 1 aromatic heterocycles. The van der Waals surface area contributed by atoms with Gasteiger partial charge in [0, 0.05) is 12.6 Å². The predicted octanol–water partition coefficient (Wildman–Crippen LogP) is 0.0824. The molecule has 1 saturated heterocycles. The Bertz CT molecular complexity index is 801. The number of piperazine rings is 1. The summed E-state index contributed by atoms with van der Waals surface area (Å²) in [5, 5.41) is 7.43. The number of hydrogen-bond acceptors (Lipinski definition) is 2. The Balaban J connectivity index is 1.45. The van der Waals surface area contributed by atoms with Crippen LogP contribution in [-0.2, 0) is 18.4 Å². The summed E-state index contributed by atoms with van der Waals surface area (Å²) in [7, 11) is 1.90. The monoisotopic (exact) mass is 385 g/mol. The Morgan fingerprint density at radius 2 is 1.71 bits per heavy atom. The van der Waals surface area contributed by atoms with Gasteiger partial charge in [0.05, 0.1) is 17.1 Å². The molecule has 1 aromatic carbocycles. The Hall–Kier alpha value is -2.18. The van der Waals surface area contributed by atoms with Crippen molar-refractivity contribution in [1.29, 1.82) is 0 Å². The molecule has 6 nitrogen and oxygen atoms in total. The summed E-state index contributed by atoms with van der Waals surface area (Å²) in [6.07, 6.45) is 0. The van der Waals surface area contributed by atoms with Crippen LogP contribution in [0.4, 0.5) is 5.69 Å². The molecule has 1 aliphatic heterocycles. The third kappa shape index (κ3) is 5.00. The molecule has 1 aliphatic rings. The van der Waals surface area contributed by atoms with E-state index >= 15 is 0 Å². The van der Waals surface area contributed by atoms with Gasteiger partial charge in [-0.3, -0.25) is 9.48 Å². The van der Waals surface area contributed by atoms with E-state index in [4.69, 9.17) is 0 Å². The van der Waals surface area contributed by atoms with Crippen LogP contribution in [0.2, 0.25) is 0 Å². The third-order valence-corrected chi connectivity index (χ3v) is 5.95. The van der Waals surface area contributed by atoms with Crippen molar-refractivity contribution in [3.8, 4) is 0 Å². The number of aromatic nitrogens is 2. The largest absolute Gasteiger partial charge is 0.322 e. The number of anilines is 1. The van der Waals surface area contributed by atoms with Crippen LogP contribution >= 0.6 is 0 Å². The second-order valence-electron chi connectivity index (χ2n) is 8.47. The van der Waals surface area contributed by atoms with E-state index in [1.54, 1.807) is 4.90 Å². The smallest absolute Gasteiger partial charge is 0.279 e. The Morgan fingerprint density at radius 3 is 2.25 bits per heavy atom. The first-order chi connectivity index (χ1) is 13.3. The van der Waals surface area contributed by atoms with Crippen molar-refractivity contribution in [2.75, 3.05) is 38.0 Å². The molecule has 3 rings (SSSR count). The van der Waals surface area contributed by atoms with Crippen molar-refractivity contribution in [3.05, 3.63) is 46.8 Å². The molecule has 0 atom stereocenters. The topological polar surface area (TPSA) is 55.8 Å². The van der Waals surface area contributed by atoms with Crippen LogP contribution in [0.25, 0.3) is 0 Å². The van der Waals surface area contributed by atoms with Crippen molar-refractivity contribution in [2.45, 2.75) is 40.2 Å². The third-order valence-electron chi connectivity index (χ3n) is 5.95. The van der Waals surface area contributed by atoms with Gasteiger partial charge in [-0.1, -0.05) is 38.1 Å². The molecule has 0 saturated carbocycles. The number of hydrogen-bond donors (Lipinski definition) is 3. The summed E-state index contributed by atoms with van der Waals surface area (Å²) in [5.41, 5.74) is 5.54. The first-order valence-corrected chi connectivity index (χ1v) is 10.4. The molecule has 3 N–H and O–H groups in total. The van der Waals surface area contributed by atoms with Crippen molar-refractivity contribution in [2.24, 2.45) is 7.05 Å². The Kier molecular flexibility index (Phi) is 6.52. The van der Waals surface area contributed by atoms with Crippen LogP contribution in [0.3, 0.4) is 0 Å². The molecule has 2 aromatic rings. The van der Waals surface area contributed by atoms with Gasteiger partial charge in [-0.15, -0.1) is 0 Å². The van der Waals surface area contributed by atoms with E-state index in [1.165, 1.54) is 16.0 Å². The van der Waals surface area contributed by atoms with E-state index in [0.717, 1.165) is 49.8 Å². The van der Waals surface area contributed by atoms with E-state index in [1.807, 2.05) is 25.6 Å². The molecule has 1 fully saturated rings. The quantitative estimate of drug-likeness (QED) is 0.660. The highest BCUT2D eigenvalue weighted by atomic mass is 16.2. The van der Waals surface area contributed by atoms with Gasteiger partial charge in [0.15, 0.2) is 6.54 Å². The minimum absolute atomic E-state index is 0.0851. The number of benzene rings is 1. The average Bonchev–Trinajstić information content (AvgIpc) is 2.90. The van der Waals surface area contributed by atoms with Crippen molar-refractivity contribution >= 4 is 11.6 Å². The molecular formula is C22H35N5O+2. The summed E-state index contributed by atoms with van der Waals surface area (Å²) in [6, 6.07) is 9.06. The molecule has 1 amide bonds. The van der Waals surface area contributed by atoms with Gasteiger partial charge in [-0.25, -0.2) is 0 Å². The van der Waals surface area contributed by atoms with Gasteiger partial charge < -0.3 is 15.1 Å². The van der Waals surface area contributed by atoms with Gasteiger partial charge >= 0.3 is 0 Å². The highest BCUT2D eigenvalue weighted by molar-refractivity contribution is 5.92. The highest BCUT2D eigenvalue weighted by Crippen LogP contribution is 2.17. The fraction of sp³-hybridized carbons (Fsp3) is 0.545. The first kappa shape index (κ1) is 20.6. The molecule has 0 spiro atoms. The maximum absolute atomic E-state index is 12.5. The number of nitrogens with one attached hydrogen (secondary N) is 3. The number of aryl methyl sites for hydroxylation is 2. The Morgan fingerprint density at radius 1 is 1.11 bits per heavy atom. The Labute approximate surface area is 168 Å². The lowest BCUT2D eigenvalue weighted by Gasteiger charge is -2.29.